The predicted molar refractivity (Wildman–Crippen MR) is 98.8 cm³/mol. The maximum absolute atomic E-state index is 12.6. The van der Waals surface area contributed by atoms with Gasteiger partial charge in [0.15, 0.2) is 0 Å². The van der Waals surface area contributed by atoms with Crippen LogP contribution in [0.2, 0.25) is 0 Å². The number of esters is 1. The topological polar surface area (TPSA) is 46.6 Å². The van der Waals surface area contributed by atoms with E-state index in [-0.39, 0.29) is 30.8 Å². The molecule has 1 atom stereocenters. The first-order valence-corrected chi connectivity index (χ1v) is 9.54. The summed E-state index contributed by atoms with van der Waals surface area (Å²) in [6.45, 7) is 6.08. The van der Waals surface area contributed by atoms with Crippen molar-refractivity contribution in [1.29, 1.82) is 0 Å². The van der Waals surface area contributed by atoms with Crippen LogP contribution in [-0.2, 0) is 20.9 Å². The summed E-state index contributed by atoms with van der Waals surface area (Å²) in [6, 6.07) is 9.67. The number of benzene rings is 1. The molecule has 1 aliphatic rings. The van der Waals surface area contributed by atoms with E-state index in [1.165, 1.54) is 12.8 Å². The monoisotopic (exact) mass is 345 g/mol. The van der Waals surface area contributed by atoms with Gasteiger partial charge in [-0.25, -0.2) is 0 Å². The Morgan fingerprint density at radius 3 is 2.28 bits per heavy atom. The van der Waals surface area contributed by atoms with Crippen molar-refractivity contribution in [3.8, 4) is 0 Å². The van der Waals surface area contributed by atoms with Gasteiger partial charge in [-0.05, 0) is 30.7 Å². The third kappa shape index (κ3) is 6.89. The molecule has 0 aromatic heterocycles. The molecule has 1 aliphatic heterocycles. The van der Waals surface area contributed by atoms with Gasteiger partial charge in [0.05, 0.1) is 5.92 Å². The lowest BCUT2D eigenvalue weighted by atomic mass is 9.93. The van der Waals surface area contributed by atoms with Crippen LogP contribution in [0.5, 0.6) is 0 Å². The molecule has 1 saturated heterocycles. The molecule has 1 heterocycles. The highest BCUT2D eigenvalue weighted by molar-refractivity contribution is 5.83. The Kier molecular flexibility index (Phi) is 7.96. The van der Waals surface area contributed by atoms with Crippen molar-refractivity contribution < 1.29 is 14.3 Å². The summed E-state index contributed by atoms with van der Waals surface area (Å²) in [5.41, 5.74) is 0.970. The highest BCUT2D eigenvalue weighted by Gasteiger charge is 2.27. The van der Waals surface area contributed by atoms with Gasteiger partial charge in [-0.1, -0.05) is 57.0 Å². The van der Waals surface area contributed by atoms with Crippen molar-refractivity contribution in [2.24, 2.45) is 11.8 Å². The molecule has 0 radical (unpaired) electrons. The first-order chi connectivity index (χ1) is 12.1. The van der Waals surface area contributed by atoms with Gasteiger partial charge in [-0.2, -0.15) is 0 Å². The number of rotatable bonds is 7. The number of carbonyl (C=O) groups excluding carboxylic acids is 2. The molecule has 4 heteroatoms. The fraction of sp³-hybridized carbons (Fsp3) is 0.619. The van der Waals surface area contributed by atoms with Gasteiger partial charge in [-0.3, -0.25) is 9.59 Å². The van der Waals surface area contributed by atoms with Gasteiger partial charge in [0.2, 0.25) is 5.91 Å². The van der Waals surface area contributed by atoms with Gasteiger partial charge in [0.25, 0.3) is 0 Å². The maximum atomic E-state index is 12.6. The minimum atomic E-state index is -0.348. The minimum absolute atomic E-state index is 0.101. The van der Waals surface area contributed by atoms with E-state index in [4.69, 9.17) is 4.74 Å². The second kappa shape index (κ2) is 10.2. The zero-order valence-corrected chi connectivity index (χ0v) is 15.6. The second-order valence-electron chi connectivity index (χ2n) is 7.42. The number of likely N-dealkylation sites (tertiary alicyclic amines) is 1. The van der Waals surface area contributed by atoms with Crippen molar-refractivity contribution in [3.05, 3.63) is 35.9 Å². The van der Waals surface area contributed by atoms with Crippen molar-refractivity contribution >= 4 is 11.9 Å². The first kappa shape index (κ1) is 19.5. The molecule has 1 aromatic rings. The number of carbonyl (C=O) groups is 2. The summed E-state index contributed by atoms with van der Waals surface area (Å²) in [4.78, 5) is 27.1. The third-order valence-corrected chi connectivity index (χ3v) is 4.69. The van der Waals surface area contributed by atoms with Crippen molar-refractivity contribution in [2.45, 2.75) is 59.0 Å². The molecule has 2 rings (SSSR count). The van der Waals surface area contributed by atoms with Gasteiger partial charge in [0.1, 0.15) is 6.61 Å². The molecule has 0 spiro atoms. The molecular weight excluding hydrogens is 314 g/mol. The zero-order chi connectivity index (χ0) is 18.1. The quantitative estimate of drug-likeness (QED) is 0.696. The molecule has 1 fully saturated rings. The third-order valence-electron chi connectivity index (χ3n) is 4.69. The number of hydrogen-bond acceptors (Lipinski definition) is 3. The maximum Gasteiger partial charge on any atom is 0.309 e. The minimum Gasteiger partial charge on any atom is -0.461 e. The van der Waals surface area contributed by atoms with Gasteiger partial charge >= 0.3 is 5.97 Å². The van der Waals surface area contributed by atoms with Crippen LogP contribution in [0.25, 0.3) is 0 Å². The predicted octanol–water partition coefficient (Wildman–Crippen LogP) is 4.18. The van der Waals surface area contributed by atoms with E-state index in [9.17, 15) is 9.59 Å². The summed E-state index contributed by atoms with van der Waals surface area (Å²) in [5, 5.41) is 0. The molecule has 138 valence electrons. The number of nitrogens with zero attached hydrogens (tertiary/aromatic N) is 1. The van der Waals surface area contributed by atoms with E-state index >= 15 is 0 Å². The van der Waals surface area contributed by atoms with Crippen LogP contribution in [0.15, 0.2) is 30.3 Å². The smallest absolute Gasteiger partial charge is 0.309 e. The molecule has 0 aliphatic carbocycles. The Hall–Kier alpha value is -1.84. The van der Waals surface area contributed by atoms with Crippen LogP contribution >= 0.6 is 0 Å². The molecule has 0 saturated carbocycles. The highest BCUT2D eigenvalue weighted by atomic mass is 16.5. The fourth-order valence-electron chi connectivity index (χ4n) is 3.34. The van der Waals surface area contributed by atoms with E-state index in [1.807, 2.05) is 35.2 Å². The van der Waals surface area contributed by atoms with Crippen LogP contribution in [0.1, 0.15) is 57.9 Å². The summed E-state index contributed by atoms with van der Waals surface area (Å²) >= 11 is 0. The molecule has 0 bridgehead atoms. The van der Waals surface area contributed by atoms with E-state index in [1.54, 1.807) is 0 Å². The molecule has 1 amide bonds. The van der Waals surface area contributed by atoms with Crippen molar-refractivity contribution in [1.82, 2.24) is 4.90 Å². The van der Waals surface area contributed by atoms with Crippen LogP contribution in [0.4, 0.5) is 0 Å². The van der Waals surface area contributed by atoms with Crippen LogP contribution in [0, 0.1) is 11.8 Å². The van der Waals surface area contributed by atoms with Crippen molar-refractivity contribution in [2.75, 3.05) is 13.1 Å². The highest BCUT2D eigenvalue weighted by Crippen LogP contribution is 2.21. The van der Waals surface area contributed by atoms with E-state index in [0.29, 0.717) is 12.3 Å². The summed E-state index contributed by atoms with van der Waals surface area (Å²) in [6.07, 6.45) is 5.48. The lowest BCUT2D eigenvalue weighted by Gasteiger charge is -2.24. The fourth-order valence-corrected chi connectivity index (χ4v) is 3.34. The number of hydrogen-bond donors (Lipinski definition) is 0. The van der Waals surface area contributed by atoms with Crippen LogP contribution in [-0.4, -0.2) is 29.9 Å². The van der Waals surface area contributed by atoms with Crippen LogP contribution < -0.4 is 0 Å². The summed E-state index contributed by atoms with van der Waals surface area (Å²) in [7, 11) is 0. The summed E-state index contributed by atoms with van der Waals surface area (Å²) in [5.74, 6) is -0.143. The Morgan fingerprint density at radius 2 is 1.68 bits per heavy atom. The van der Waals surface area contributed by atoms with E-state index < -0.39 is 0 Å². The normalized spacial score (nSPS) is 16.4. The average molecular weight is 345 g/mol. The van der Waals surface area contributed by atoms with Gasteiger partial charge in [-0.15, -0.1) is 0 Å². The second-order valence-corrected chi connectivity index (χ2v) is 7.42. The van der Waals surface area contributed by atoms with E-state index in [2.05, 4.69) is 13.8 Å². The molecule has 0 N–H and O–H groups in total. The Bertz CT molecular complexity index is 533. The Morgan fingerprint density at radius 1 is 1.04 bits per heavy atom. The summed E-state index contributed by atoms with van der Waals surface area (Å²) < 4.78 is 5.49. The van der Waals surface area contributed by atoms with Gasteiger partial charge < -0.3 is 9.64 Å². The molecule has 0 unspecified atom stereocenters. The molecular formula is C21H31NO3. The number of ether oxygens (including phenoxy) is 1. The zero-order valence-electron chi connectivity index (χ0n) is 15.6. The van der Waals surface area contributed by atoms with Gasteiger partial charge in [0, 0.05) is 19.5 Å². The average Bonchev–Trinajstić information content (AvgIpc) is 2.89. The largest absolute Gasteiger partial charge is 0.461 e. The Balaban J connectivity index is 1.92. The molecule has 4 nitrogen and oxygen atoms in total. The Labute approximate surface area is 151 Å². The molecule has 1 aromatic carbocycles. The lowest BCUT2D eigenvalue weighted by molar-refractivity contribution is -0.153. The standard InChI is InChI=1S/C21H31NO3/c1-17(2)14-19(15-20(23)22-12-8-3-4-9-13-22)21(24)25-16-18-10-6-5-7-11-18/h5-7,10-11,17,19H,3-4,8-9,12-16H2,1-2H3/t19-/m1/s1. The SMILES string of the molecule is CC(C)C[C@H](CC(=O)N1CCCCCC1)C(=O)OCc1ccccc1. The van der Waals surface area contributed by atoms with Crippen LogP contribution in [0.3, 0.4) is 0 Å². The van der Waals surface area contributed by atoms with Crippen molar-refractivity contribution in [3.63, 3.8) is 0 Å². The number of amides is 1. The van der Waals surface area contributed by atoms with E-state index in [0.717, 1.165) is 31.5 Å². The lowest BCUT2D eigenvalue weighted by Crippen LogP contribution is -2.35. The molecule has 25 heavy (non-hydrogen) atoms. The first-order valence-electron chi connectivity index (χ1n) is 9.54.